The Morgan fingerprint density at radius 2 is 1.94 bits per heavy atom. The summed E-state index contributed by atoms with van der Waals surface area (Å²) in [5, 5.41) is 9.49. The van der Waals surface area contributed by atoms with Crippen molar-refractivity contribution in [3.05, 3.63) is 29.8 Å². The Bertz CT molecular complexity index is 455. The summed E-state index contributed by atoms with van der Waals surface area (Å²) in [5.41, 5.74) is 0.584. The molecule has 0 amide bonds. The van der Waals surface area contributed by atoms with Gasteiger partial charge in [-0.15, -0.1) is 0 Å². The molecular weight excluding hydrogens is 238 g/mol. The van der Waals surface area contributed by atoms with Crippen LogP contribution in [0.15, 0.2) is 24.3 Å². The molecule has 0 unspecified atom stereocenters. The summed E-state index contributed by atoms with van der Waals surface area (Å²) in [6, 6.07) is 6.70. The third kappa shape index (κ3) is 5.19. The van der Waals surface area contributed by atoms with Crippen molar-refractivity contribution in [1.82, 2.24) is 4.72 Å². The molecule has 0 aromatic heterocycles. The van der Waals surface area contributed by atoms with Gasteiger partial charge in [0.1, 0.15) is 5.75 Å². The number of hydrogen-bond acceptors (Lipinski definition) is 3. The maximum absolute atomic E-state index is 11.6. The first-order chi connectivity index (χ1) is 7.91. The van der Waals surface area contributed by atoms with Crippen molar-refractivity contribution in [1.29, 1.82) is 0 Å². The molecule has 0 saturated heterocycles. The Balaban J connectivity index is 2.53. The number of nitrogens with one attached hydrogen (secondary N) is 1. The normalized spacial score (nSPS) is 11.9. The van der Waals surface area contributed by atoms with Gasteiger partial charge in [-0.1, -0.05) is 32.0 Å². The summed E-state index contributed by atoms with van der Waals surface area (Å²) >= 11 is 0. The quantitative estimate of drug-likeness (QED) is 0.817. The van der Waals surface area contributed by atoms with E-state index in [1.165, 1.54) is 6.07 Å². The molecule has 5 heteroatoms. The van der Waals surface area contributed by atoms with Crippen LogP contribution in [0.5, 0.6) is 5.75 Å². The Morgan fingerprint density at radius 1 is 1.29 bits per heavy atom. The van der Waals surface area contributed by atoms with Gasteiger partial charge in [-0.2, -0.15) is 0 Å². The van der Waals surface area contributed by atoms with E-state index in [9.17, 15) is 13.5 Å². The van der Waals surface area contributed by atoms with Gasteiger partial charge in [-0.25, -0.2) is 13.1 Å². The topological polar surface area (TPSA) is 66.4 Å². The van der Waals surface area contributed by atoms with E-state index < -0.39 is 10.0 Å². The minimum atomic E-state index is -3.25. The van der Waals surface area contributed by atoms with E-state index in [0.717, 1.165) is 0 Å². The largest absolute Gasteiger partial charge is 0.508 e. The van der Waals surface area contributed by atoms with Gasteiger partial charge in [0.2, 0.25) is 10.0 Å². The molecule has 0 aliphatic carbocycles. The molecule has 0 radical (unpaired) electrons. The lowest BCUT2D eigenvalue weighted by molar-refractivity contribution is 0.467. The molecule has 0 heterocycles. The Kier molecular flexibility index (Phi) is 4.96. The smallest absolute Gasteiger partial charge is 0.211 e. The number of rotatable bonds is 6. The third-order valence-electron chi connectivity index (χ3n) is 2.44. The second-order valence-electron chi connectivity index (χ2n) is 4.45. The van der Waals surface area contributed by atoms with E-state index in [1.54, 1.807) is 18.2 Å². The van der Waals surface area contributed by atoms with Crippen molar-refractivity contribution < 1.29 is 13.5 Å². The molecule has 1 rings (SSSR count). The van der Waals surface area contributed by atoms with E-state index >= 15 is 0 Å². The van der Waals surface area contributed by atoms with Gasteiger partial charge in [0.05, 0.1) is 5.75 Å². The van der Waals surface area contributed by atoms with Gasteiger partial charge in [0, 0.05) is 12.1 Å². The van der Waals surface area contributed by atoms with Crippen molar-refractivity contribution in [3.8, 4) is 5.75 Å². The van der Waals surface area contributed by atoms with E-state index in [-0.39, 0.29) is 18.0 Å². The molecule has 0 atom stereocenters. The average molecular weight is 257 g/mol. The highest BCUT2D eigenvalue weighted by atomic mass is 32.2. The van der Waals surface area contributed by atoms with Crippen molar-refractivity contribution >= 4 is 10.0 Å². The lowest BCUT2D eigenvalue weighted by Gasteiger charge is -2.09. The second kappa shape index (κ2) is 6.02. The van der Waals surface area contributed by atoms with Crippen molar-refractivity contribution in [2.75, 3.05) is 5.75 Å². The molecule has 1 aromatic rings. The van der Waals surface area contributed by atoms with Crippen LogP contribution in [-0.2, 0) is 16.6 Å². The van der Waals surface area contributed by atoms with Crippen LogP contribution in [0.3, 0.4) is 0 Å². The molecule has 4 nitrogen and oxygen atoms in total. The number of phenolic OH excluding ortho intramolecular Hbond substituents is 1. The van der Waals surface area contributed by atoms with Gasteiger partial charge in [0.15, 0.2) is 0 Å². The van der Waals surface area contributed by atoms with Crippen LogP contribution in [0, 0.1) is 5.92 Å². The van der Waals surface area contributed by atoms with Crippen LogP contribution in [0.4, 0.5) is 0 Å². The monoisotopic (exact) mass is 257 g/mol. The van der Waals surface area contributed by atoms with Crippen LogP contribution in [-0.4, -0.2) is 19.3 Å². The predicted octanol–water partition coefficient (Wildman–Crippen LogP) is 1.86. The summed E-state index contributed by atoms with van der Waals surface area (Å²) in [6.07, 6.45) is 0.635. The number of para-hydroxylation sites is 1. The molecule has 0 aliphatic heterocycles. The Hall–Kier alpha value is -1.07. The lowest BCUT2D eigenvalue weighted by atomic mass is 10.2. The second-order valence-corrected chi connectivity index (χ2v) is 6.38. The number of phenols is 1. The van der Waals surface area contributed by atoms with Crippen LogP contribution < -0.4 is 4.72 Å². The van der Waals surface area contributed by atoms with Crippen molar-refractivity contribution in [3.63, 3.8) is 0 Å². The number of benzene rings is 1. The van der Waals surface area contributed by atoms with E-state index in [4.69, 9.17) is 0 Å². The van der Waals surface area contributed by atoms with Gasteiger partial charge < -0.3 is 5.11 Å². The van der Waals surface area contributed by atoms with Gasteiger partial charge >= 0.3 is 0 Å². The minimum absolute atomic E-state index is 0.110. The van der Waals surface area contributed by atoms with Gasteiger partial charge in [0.25, 0.3) is 0 Å². The van der Waals surface area contributed by atoms with Crippen LogP contribution in [0.25, 0.3) is 0 Å². The maximum Gasteiger partial charge on any atom is 0.211 e. The summed E-state index contributed by atoms with van der Waals surface area (Å²) < 4.78 is 25.7. The SMILES string of the molecule is CC(C)CCS(=O)(=O)NCc1ccccc1O. The summed E-state index contributed by atoms with van der Waals surface area (Å²) in [7, 11) is -3.25. The Labute approximate surface area is 103 Å². The molecule has 0 spiro atoms. The highest BCUT2D eigenvalue weighted by Gasteiger charge is 2.11. The van der Waals surface area contributed by atoms with Crippen LogP contribution >= 0.6 is 0 Å². The standard InChI is InChI=1S/C12H19NO3S/c1-10(2)7-8-17(15,16)13-9-11-5-3-4-6-12(11)14/h3-6,10,13-14H,7-9H2,1-2H3. The summed E-state index contributed by atoms with van der Waals surface area (Å²) in [5.74, 6) is 0.592. The average Bonchev–Trinajstić information content (AvgIpc) is 2.26. The minimum Gasteiger partial charge on any atom is -0.508 e. The zero-order valence-electron chi connectivity index (χ0n) is 10.2. The predicted molar refractivity (Wildman–Crippen MR) is 68.2 cm³/mol. The fourth-order valence-corrected chi connectivity index (χ4v) is 2.61. The highest BCUT2D eigenvalue weighted by Crippen LogP contribution is 2.15. The molecule has 0 bridgehead atoms. The molecule has 96 valence electrons. The van der Waals surface area contributed by atoms with E-state index in [0.29, 0.717) is 17.9 Å². The number of aromatic hydroxyl groups is 1. The van der Waals surface area contributed by atoms with E-state index in [2.05, 4.69) is 4.72 Å². The lowest BCUT2D eigenvalue weighted by Crippen LogP contribution is -2.26. The third-order valence-corrected chi connectivity index (χ3v) is 3.80. The van der Waals surface area contributed by atoms with Crippen molar-refractivity contribution in [2.24, 2.45) is 5.92 Å². The summed E-state index contributed by atoms with van der Waals surface area (Å²) in [4.78, 5) is 0. The zero-order valence-corrected chi connectivity index (χ0v) is 11.0. The molecule has 0 fully saturated rings. The molecule has 0 saturated carbocycles. The molecule has 2 N–H and O–H groups in total. The molecular formula is C12H19NO3S. The Morgan fingerprint density at radius 3 is 2.53 bits per heavy atom. The molecule has 1 aromatic carbocycles. The van der Waals surface area contributed by atoms with Crippen LogP contribution in [0.2, 0.25) is 0 Å². The number of hydrogen-bond donors (Lipinski definition) is 2. The first kappa shape index (κ1) is 14.0. The van der Waals surface area contributed by atoms with Gasteiger partial charge in [-0.3, -0.25) is 0 Å². The molecule has 17 heavy (non-hydrogen) atoms. The first-order valence-corrected chi connectivity index (χ1v) is 7.30. The number of sulfonamides is 1. The first-order valence-electron chi connectivity index (χ1n) is 5.65. The maximum atomic E-state index is 11.6. The summed E-state index contributed by atoms with van der Waals surface area (Å²) in [6.45, 7) is 4.10. The van der Waals surface area contributed by atoms with E-state index in [1.807, 2.05) is 13.8 Å². The van der Waals surface area contributed by atoms with Crippen LogP contribution in [0.1, 0.15) is 25.8 Å². The highest BCUT2D eigenvalue weighted by molar-refractivity contribution is 7.89. The fourth-order valence-electron chi connectivity index (χ4n) is 1.31. The van der Waals surface area contributed by atoms with Crippen molar-refractivity contribution in [2.45, 2.75) is 26.8 Å². The molecule has 0 aliphatic rings. The zero-order chi connectivity index (χ0) is 12.9. The van der Waals surface area contributed by atoms with Gasteiger partial charge in [-0.05, 0) is 18.4 Å². The fraction of sp³-hybridized carbons (Fsp3) is 0.500.